The number of aromatic amines is 1. The van der Waals surface area contributed by atoms with E-state index in [1.54, 1.807) is 12.1 Å². The summed E-state index contributed by atoms with van der Waals surface area (Å²) in [5.74, 6) is 0. The van der Waals surface area contributed by atoms with E-state index in [4.69, 9.17) is 10.7 Å². The molecule has 1 aromatic heterocycles. The first-order valence-corrected chi connectivity index (χ1v) is 7.82. The fourth-order valence-electron chi connectivity index (χ4n) is 2.14. The second kappa shape index (κ2) is 4.19. The van der Waals surface area contributed by atoms with Gasteiger partial charge in [-0.25, -0.2) is 8.42 Å². The fourth-order valence-corrected chi connectivity index (χ4v) is 2.91. The van der Waals surface area contributed by atoms with Gasteiger partial charge in [-0.15, -0.1) is 0 Å². The summed E-state index contributed by atoms with van der Waals surface area (Å²) >= 11 is 0. The van der Waals surface area contributed by atoms with Crippen molar-refractivity contribution in [2.75, 3.05) is 0 Å². The monoisotopic (exact) mass is 310 g/mol. The third-order valence-corrected chi connectivity index (χ3v) is 4.40. The Labute approximate surface area is 117 Å². The van der Waals surface area contributed by atoms with Crippen molar-refractivity contribution < 1.29 is 13.3 Å². The number of hydrogen-bond acceptors (Lipinski definition) is 4. The molecule has 0 spiro atoms. The largest absolute Gasteiger partial charge is 0.354 e. The SMILES string of the molecule is O=[N+]([O-])c1ccc2c(c1)[nH]c1ccc(S(=O)(=O)Cl)cc12. The fraction of sp³-hybridized carbons (Fsp3) is 0. The maximum Gasteiger partial charge on any atom is 0.271 e. The zero-order valence-corrected chi connectivity index (χ0v) is 11.4. The Balaban J connectivity index is 2.35. The number of halogens is 1. The summed E-state index contributed by atoms with van der Waals surface area (Å²) in [6, 6.07) is 8.77. The van der Waals surface area contributed by atoms with Crippen molar-refractivity contribution >= 4 is 47.2 Å². The molecule has 1 heterocycles. The van der Waals surface area contributed by atoms with Crippen LogP contribution < -0.4 is 0 Å². The highest BCUT2D eigenvalue weighted by Gasteiger charge is 2.14. The number of nitrogens with one attached hydrogen (secondary N) is 1. The van der Waals surface area contributed by atoms with E-state index in [-0.39, 0.29) is 10.6 Å². The summed E-state index contributed by atoms with van der Waals surface area (Å²) in [6.45, 7) is 0. The molecule has 0 amide bonds. The van der Waals surface area contributed by atoms with Crippen molar-refractivity contribution in [2.24, 2.45) is 0 Å². The molecule has 102 valence electrons. The molecular formula is C12H7ClN2O4S. The average Bonchev–Trinajstić information content (AvgIpc) is 2.74. The predicted octanol–water partition coefficient (Wildman–Crippen LogP) is 3.16. The molecule has 0 saturated carbocycles. The molecule has 6 nitrogen and oxygen atoms in total. The maximum atomic E-state index is 11.3. The van der Waals surface area contributed by atoms with Crippen molar-refractivity contribution in [1.82, 2.24) is 4.98 Å². The van der Waals surface area contributed by atoms with Crippen LogP contribution in [0.1, 0.15) is 0 Å². The molecule has 0 fully saturated rings. The van der Waals surface area contributed by atoms with E-state index < -0.39 is 14.0 Å². The van der Waals surface area contributed by atoms with Crippen LogP contribution in [0.2, 0.25) is 0 Å². The molecule has 3 aromatic rings. The zero-order chi connectivity index (χ0) is 14.5. The van der Waals surface area contributed by atoms with E-state index in [1.807, 2.05) is 0 Å². The highest BCUT2D eigenvalue weighted by molar-refractivity contribution is 8.13. The van der Waals surface area contributed by atoms with Crippen LogP contribution in [0.4, 0.5) is 5.69 Å². The van der Waals surface area contributed by atoms with Crippen LogP contribution in [0.5, 0.6) is 0 Å². The number of non-ortho nitro benzene ring substituents is 1. The van der Waals surface area contributed by atoms with Crippen LogP contribution in [0.15, 0.2) is 41.3 Å². The molecule has 1 N–H and O–H groups in total. The lowest BCUT2D eigenvalue weighted by Crippen LogP contribution is -1.89. The first-order valence-electron chi connectivity index (χ1n) is 5.51. The minimum absolute atomic E-state index is 0.00841. The lowest BCUT2D eigenvalue weighted by atomic mass is 10.1. The van der Waals surface area contributed by atoms with Crippen LogP contribution in [-0.4, -0.2) is 18.3 Å². The summed E-state index contributed by atoms with van der Waals surface area (Å²) in [5.41, 5.74) is 1.22. The maximum absolute atomic E-state index is 11.3. The normalized spacial score (nSPS) is 12.1. The van der Waals surface area contributed by atoms with Gasteiger partial charge in [0.1, 0.15) is 0 Å². The average molecular weight is 311 g/mol. The van der Waals surface area contributed by atoms with Gasteiger partial charge in [0.2, 0.25) is 0 Å². The number of nitrogens with zero attached hydrogens (tertiary/aromatic N) is 1. The summed E-state index contributed by atoms with van der Waals surface area (Å²) < 4.78 is 22.7. The van der Waals surface area contributed by atoms with Crippen LogP contribution in [0.3, 0.4) is 0 Å². The molecule has 0 radical (unpaired) electrons. The van der Waals surface area contributed by atoms with E-state index in [2.05, 4.69) is 4.98 Å². The van der Waals surface area contributed by atoms with E-state index in [9.17, 15) is 18.5 Å². The molecule has 0 unspecified atom stereocenters. The molecule has 0 aliphatic carbocycles. The number of nitro groups is 1. The lowest BCUT2D eigenvalue weighted by molar-refractivity contribution is -0.384. The minimum Gasteiger partial charge on any atom is -0.354 e. The van der Waals surface area contributed by atoms with E-state index in [0.29, 0.717) is 21.8 Å². The van der Waals surface area contributed by atoms with Gasteiger partial charge >= 0.3 is 0 Å². The number of H-pyrrole nitrogens is 1. The van der Waals surface area contributed by atoms with Gasteiger partial charge in [-0.3, -0.25) is 10.1 Å². The molecule has 0 saturated heterocycles. The van der Waals surface area contributed by atoms with Gasteiger partial charge in [0.05, 0.1) is 15.3 Å². The summed E-state index contributed by atoms with van der Waals surface area (Å²) in [6.07, 6.45) is 0. The van der Waals surface area contributed by atoms with Gasteiger partial charge in [0.15, 0.2) is 0 Å². The smallest absolute Gasteiger partial charge is 0.271 e. The van der Waals surface area contributed by atoms with Gasteiger partial charge in [-0.1, -0.05) is 0 Å². The van der Waals surface area contributed by atoms with E-state index >= 15 is 0 Å². The molecular weight excluding hydrogens is 304 g/mol. The van der Waals surface area contributed by atoms with Gasteiger partial charge in [0.25, 0.3) is 14.7 Å². The molecule has 8 heteroatoms. The van der Waals surface area contributed by atoms with Gasteiger partial charge in [-0.05, 0) is 24.3 Å². The number of benzene rings is 2. The zero-order valence-electron chi connectivity index (χ0n) is 9.83. The Morgan fingerprint density at radius 3 is 2.45 bits per heavy atom. The van der Waals surface area contributed by atoms with E-state index in [1.165, 1.54) is 24.3 Å². The van der Waals surface area contributed by atoms with Crippen molar-refractivity contribution in [2.45, 2.75) is 4.90 Å². The Bertz CT molecular complexity index is 962. The predicted molar refractivity (Wildman–Crippen MR) is 75.5 cm³/mol. The van der Waals surface area contributed by atoms with Gasteiger partial charge in [-0.2, -0.15) is 0 Å². The van der Waals surface area contributed by atoms with Crippen molar-refractivity contribution in [1.29, 1.82) is 0 Å². The minimum atomic E-state index is -3.81. The number of aromatic nitrogens is 1. The highest BCUT2D eigenvalue weighted by Crippen LogP contribution is 2.30. The number of hydrogen-bond donors (Lipinski definition) is 1. The second-order valence-corrected chi connectivity index (χ2v) is 6.82. The molecule has 20 heavy (non-hydrogen) atoms. The molecule has 0 atom stereocenters. The molecule has 0 aliphatic rings. The number of fused-ring (bicyclic) bond motifs is 3. The molecule has 2 aromatic carbocycles. The highest BCUT2D eigenvalue weighted by atomic mass is 35.7. The van der Waals surface area contributed by atoms with Crippen molar-refractivity contribution in [3.05, 3.63) is 46.5 Å². The Hall–Kier alpha value is -2.12. The van der Waals surface area contributed by atoms with Crippen LogP contribution in [-0.2, 0) is 9.05 Å². The van der Waals surface area contributed by atoms with E-state index in [0.717, 1.165) is 0 Å². The van der Waals surface area contributed by atoms with Gasteiger partial charge < -0.3 is 4.98 Å². The number of rotatable bonds is 2. The van der Waals surface area contributed by atoms with Gasteiger partial charge in [0, 0.05) is 39.1 Å². The third kappa shape index (κ3) is 2.00. The Morgan fingerprint density at radius 2 is 1.80 bits per heavy atom. The van der Waals surface area contributed by atoms with Crippen LogP contribution in [0, 0.1) is 10.1 Å². The summed E-state index contributed by atoms with van der Waals surface area (Å²) in [7, 11) is 1.50. The van der Waals surface area contributed by atoms with Crippen LogP contribution >= 0.6 is 10.7 Å². The lowest BCUT2D eigenvalue weighted by Gasteiger charge is -1.96. The Kier molecular flexibility index (Phi) is 2.70. The first-order chi connectivity index (χ1) is 9.36. The summed E-state index contributed by atoms with van der Waals surface area (Å²) in [5, 5.41) is 12.1. The standard InChI is InChI=1S/C12H7ClN2O4S/c13-20(18,19)8-2-4-11-10(6-8)9-3-1-7(15(16)17)5-12(9)14-11/h1-6,14H. The number of nitro benzene ring substituents is 1. The molecule has 3 rings (SSSR count). The van der Waals surface area contributed by atoms with Crippen LogP contribution in [0.25, 0.3) is 21.8 Å². The quantitative estimate of drug-likeness (QED) is 0.447. The van der Waals surface area contributed by atoms with Crippen molar-refractivity contribution in [3.8, 4) is 0 Å². The molecule has 0 aliphatic heterocycles. The third-order valence-electron chi connectivity index (χ3n) is 3.05. The second-order valence-electron chi connectivity index (χ2n) is 4.26. The Morgan fingerprint density at radius 1 is 1.05 bits per heavy atom. The summed E-state index contributed by atoms with van der Waals surface area (Å²) in [4.78, 5) is 13.3. The molecule has 0 bridgehead atoms. The topological polar surface area (TPSA) is 93.1 Å². The van der Waals surface area contributed by atoms with Crippen molar-refractivity contribution in [3.63, 3.8) is 0 Å². The first kappa shape index (κ1) is 12.9.